The van der Waals surface area contributed by atoms with Gasteiger partial charge in [0, 0.05) is 30.8 Å². The molecule has 4 nitrogen and oxygen atoms in total. The molecule has 242 valence electrons. The molecule has 1 aromatic rings. The van der Waals surface area contributed by atoms with E-state index >= 15 is 0 Å². The number of fused-ring (bicyclic) bond motifs is 3. The Kier molecular flexibility index (Phi) is 15.4. The van der Waals surface area contributed by atoms with Crippen LogP contribution in [-0.4, -0.2) is 35.5 Å². The molecule has 0 radical (unpaired) electrons. The highest BCUT2D eigenvalue weighted by atomic mass is 16.5. The van der Waals surface area contributed by atoms with Crippen LogP contribution < -0.4 is 9.47 Å². The SMILES string of the molecule is CC(C)=CCCC(C)=CCCC(C)=CCC[C@]1(C)CCc2c3c(cc(C)c2O1)OCN(CCCCCCCCCCO)C3. The monoisotopic (exact) mass is 593 g/mol. The van der Waals surface area contributed by atoms with Crippen molar-refractivity contribution in [3.05, 3.63) is 57.7 Å². The fraction of sp³-hybridized carbons (Fsp3) is 0.692. The first-order valence-corrected chi connectivity index (χ1v) is 17.5. The summed E-state index contributed by atoms with van der Waals surface area (Å²) in [5.41, 5.74) is 8.26. The lowest BCUT2D eigenvalue weighted by atomic mass is 9.85. The topological polar surface area (TPSA) is 41.9 Å². The zero-order chi connectivity index (χ0) is 31.1. The molecule has 2 heterocycles. The Morgan fingerprint density at radius 1 is 0.860 bits per heavy atom. The summed E-state index contributed by atoms with van der Waals surface area (Å²) in [6.45, 7) is 16.5. The van der Waals surface area contributed by atoms with Crippen LogP contribution in [0.25, 0.3) is 0 Å². The van der Waals surface area contributed by atoms with Gasteiger partial charge in [-0.2, -0.15) is 0 Å². The zero-order valence-electron chi connectivity index (χ0n) is 28.7. The predicted octanol–water partition coefficient (Wildman–Crippen LogP) is 10.5. The summed E-state index contributed by atoms with van der Waals surface area (Å²) in [5, 5.41) is 8.91. The van der Waals surface area contributed by atoms with Gasteiger partial charge in [0.15, 0.2) is 0 Å². The van der Waals surface area contributed by atoms with Crippen molar-refractivity contribution in [2.45, 2.75) is 156 Å². The van der Waals surface area contributed by atoms with Gasteiger partial charge in [-0.05, 0) is 117 Å². The van der Waals surface area contributed by atoms with Crippen LogP contribution in [0.1, 0.15) is 148 Å². The molecule has 0 spiro atoms. The van der Waals surface area contributed by atoms with Crippen molar-refractivity contribution in [2.75, 3.05) is 19.9 Å². The third-order valence-electron chi connectivity index (χ3n) is 9.35. The normalized spacial score (nSPS) is 19.0. The van der Waals surface area contributed by atoms with E-state index in [4.69, 9.17) is 14.6 Å². The van der Waals surface area contributed by atoms with Crippen LogP contribution in [0.3, 0.4) is 0 Å². The zero-order valence-corrected chi connectivity index (χ0v) is 28.7. The van der Waals surface area contributed by atoms with Crippen LogP contribution in [0.5, 0.6) is 11.5 Å². The molecular weight excluding hydrogens is 530 g/mol. The van der Waals surface area contributed by atoms with Crippen LogP contribution in [0.15, 0.2) is 41.0 Å². The minimum absolute atomic E-state index is 0.114. The molecule has 0 amide bonds. The van der Waals surface area contributed by atoms with Crippen molar-refractivity contribution in [3.8, 4) is 11.5 Å². The molecule has 0 fully saturated rings. The first-order valence-electron chi connectivity index (χ1n) is 17.5. The third kappa shape index (κ3) is 12.5. The first-order chi connectivity index (χ1) is 20.7. The molecule has 1 N–H and O–H groups in total. The molecule has 0 bridgehead atoms. The molecule has 0 saturated carbocycles. The average Bonchev–Trinajstić information content (AvgIpc) is 2.96. The van der Waals surface area contributed by atoms with Crippen molar-refractivity contribution in [1.82, 2.24) is 4.90 Å². The second kappa shape index (κ2) is 18.7. The molecule has 1 aromatic carbocycles. The van der Waals surface area contributed by atoms with E-state index in [1.54, 1.807) is 0 Å². The smallest absolute Gasteiger partial charge is 0.142 e. The highest BCUT2D eigenvalue weighted by Crippen LogP contribution is 2.44. The van der Waals surface area contributed by atoms with Crippen molar-refractivity contribution < 1.29 is 14.6 Å². The van der Waals surface area contributed by atoms with Crippen molar-refractivity contribution in [2.24, 2.45) is 0 Å². The maximum absolute atomic E-state index is 8.91. The largest absolute Gasteiger partial charge is 0.487 e. The van der Waals surface area contributed by atoms with Crippen LogP contribution in [0, 0.1) is 6.92 Å². The molecule has 0 saturated heterocycles. The number of rotatable bonds is 19. The Hall–Kier alpha value is -2.04. The van der Waals surface area contributed by atoms with E-state index in [9.17, 15) is 0 Å². The fourth-order valence-electron chi connectivity index (χ4n) is 6.49. The van der Waals surface area contributed by atoms with E-state index in [1.807, 2.05) is 0 Å². The predicted molar refractivity (Wildman–Crippen MR) is 183 cm³/mol. The van der Waals surface area contributed by atoms with E-state index in [0.717, 1.165) is 76.0 Å². The summed E-state index contributed by atoms with van der Waals surface area (Å²) in [7, 11) is 0. The Morgan fingerprint density at radius 2 is 1.49 bits per heavy atom. The number of aryl methyl sites for hydroxylation is 1. The molecule has 2 aliphatic rings. The first kappa shape index (κ1) is 35.4. The number of aliphatic hydroxyl groups excluding tert-OH is 1. The molecule has 1 atom stereocenters. The molecule has 0 aromatic heterocycles. The number of hydrogen-bond acceptors (Lipinski definition) is 4. The number of hydrogen-bond donors (Lipinski definition) is 1. The molecule has 4 heteroatoms. The number of ether oxygens (including phenoxy) is 2. The average molecular weight is 594 g/mol. The summed E-state index contributed by atoms with van der Waals surface area (Å²) in [6.07, 6.45) is 25.9. The maximum Gasteiger partial charge on any atom is 0.142 e. The minimum atomic E-state index is -0.114. The quantitative estimate of drug-likeness (QED) is 0.128. The summed E-state index contributed by atoms with van der Waals surface area (Å²) >= 11 is 0. The van der Waals surface area contributed by atoms with Gasteiger partial charge in [-0.1, -0.05) is 73.5 Å². The number of unbranched alkanes of at least 4 members (excludes halogenated alkanes) is 7. The van der Waals surface area contributed by atoms with Gasteiger partial charge in [0.1, 0.15) is 23.8 Å². The lowest BCUT2D eigenvalue weighted by Gasteiger charge is -2.39. The van der Waals surface area contributed by atoms with E-state index < -0.39 is 0 Å². The van der Waals surface area contributed by atoms with Gasteiger partial charge < -0.3 is 14.6 Å². The van der Waals surface area contributed by atoms with Gasteiger partial charge in [0.05, 0.1) is 0 Å². The molecule has 2 aliphatic heterocycles. The van der Waals surface area contributed by atoms with Crippen molar-refractivity contribution >= 4 is 0 Å². The lowest BCUT2D eigenvalue weighted by Crippen LogP contribution is -2.38. The van der Waals surface area contributed by atoms with E-state index in [-0.39, 0.29) is 5.60 Å². The molecular formula is C39H63NO3. The van der Waals surface area contributed by atoms with E-state index in [0.29, 0.717) is 13.3 Å². The Morgan fingerprint density at radius 3 is 2.16 bits per heavy atom. The minimum Gasteiger partial charge on any atom is -0.487 e. The second-order valence-electron chi connectivity index (χ2n) is 13.9. The second-order valence-corrected chi connectivity index (χ2v) is 13.9. The van der Waals surface area contributed by atoms with Gasteiger partial charge in [0.25, 0.3) is 0 Å². The number of benzene rings is 1. The van der Waals surface area contributed by atoms with Crippen LogP contribution >= 0.6 is 0 Å². The third-order valence-corrected chi connectivity index (χ3v) is 9.35. The van der Waals surface area contributed by atoms with E-state index in [2.05, 4.69) is 70.7 Å². The van der Waals surface area contributed by atoms with Gasteiger partial charge in [0.2, 0.25) is 0 Å². The number of aliphatic hydroxyl groups is 1. The highest BCUT2D eigenvalue weighted by molar-refractivity contribution is 5.55. The summed E-state index contributed by atoms with van der Waals surface area (Å²) < 4.78 is 13.1. The van der Waals surface area contributed by atoms with Gasteiger partial charge in [-0.3, -0.25) is 4.90 Å². The number of nitrogens with zero attached hydrogens (tertiary/aromatic N) is 1. The number of allylic oxidation sites excluding steroid dienone is 6. The standard InChI is InChI=1S/C39H63NO3/c1-31(2)18-15-19-32(3)20-16-21-33(4)22-17-24-39(6)25-23-35-36-29-40(26-13-11-9-7-8-10-12-14-27-41)30-42-37(36)28-34(5)38(35)43-39/h18,20,22,28,41H,7-17,19,21,23-27,29-30H2,1-6H3/t39-/m1/s1. The molecule has 43 heavy (non-hydrogen) atoms. The van der Waals surface area contributed by atoms with Crippen LogP contribution in [0.2, 0.25) is 0 Å². The summed E-state index contributed by atoms with van der Waals surface area (Å²) in [4.78, 5) is 2.47. The summed E-state index contributed by atoms with van der Waals surface area (Å²) in [6, 6.07) is 2.22. The van der Waals surface area contributed by atoms with E-state index in [1.165, 1.54) is 84.8 Å². The van der Waals surface area contributed by atoms with Crippen LogP contribution in [-0.2, 0) is 13.0 Å². The summed E-state index contributed by atoms with van der Waals surface area (Å²) in [5.74, 6) is 2.19. The Balaban J connectivity index is 1.45. The highest BCUT2D eigenvalue weighted by Gasteiger charge is 2.35. The molecule has 0 unspecified atom stereocenters. The van der Waals surface area contributed by atoms with Crippen LogP contribution in [0.4, 0.5) is 0 Å². The fourth-order valence-corrected chi connectivity index (χ4v) is 6.49. The van der Waals surface area contributed by atoms with Gasteiger partial charge in [-0.25, -0.2) is 0 Å². The van der Waals surface area contributed by atoms with Gasteiger partial charge >= 0.3 is 0 Å². The Bertz CT molecular complexity index is 1080. The van der Waals surface area contributed by atoms with Crippen molar-refractivity contribution in [1.29, 1.82) is 0 Å². The van der Waals surface area contributed by atoms with Crippen molar-refractivity contribution in [3.63, 3.8) is 0 Å². The van der Waals surface area contributed by atoms with Gasteiger partial charge in [-0.15, -0.1) is 0 Å². The maximum atomic E-state index is 8.91. The molecule has 0 aliphatic carbocycles. The molecule has 3 rings (SSSR count). The Labute approximate surface area is 264 Å². The lowest BCUT2D eigenvalue weighted by molar-refractivity contribution is 0.0524.